The molecule has 1 rings (SSSR count). The number of aliphatic imine (C=N–C) groups is 1. The van der Waals surface area contributed by atoms with Crippen molar-refractivity contribution in [3.8, 4) is 0 Å². The maximum Gasteiger partial charge on any atom is 0.269 e. The first-order valence-electron chi connectivity index (χ1n) is 8.37. The first-order chi connectivity index (χ1) is 12.2. The molecule has 154 valence electrons. The Hall–Kier alpha value is -1.47. The molecule has 1 aromatic carbocycles. The first kappa shape index (κ1) is 25.5. The third kappa shape index (κ3) is 12.5. The van der Waals surface area contributed by atoms with Gasteiger partial charge in [0.1, 0.15) is 0 Å². The van der Waals surface area contributed by atoms with Gasteiger partial charge in [-0.25, -0.2) is 18.1 Å². The van der Waals surface area contributed by atoms with Crippen molar-refractivity contribution in [3.63, 3.8) is 0 Å². The lowest BCUT2D eigenvalue weighted by Gasteiger charge is -2.13. The number of hydrogen-bond acceptors (Lipinski definition) is 5. The second-order valence-electron chi connectivity index (χ2n) is 6.29. The number of sulfonamides is 1. The van der Waals surface area contributed by atoms with Crippen molar-refractivity contribution in [2.75, 3.05) is 25.9 Å². The van der Waals surface area contributed by atoms with Gasteiger partial charge in [0, 0.05) is 31.8 Å². The number of rotatable bonds is 10. The molecule has 0 bridgehead atoms. The van der Waals surface area contributed by atoms with E-state index in [1.54, 1.807) is 12.1 Å². The number of non-ortho nitro benzene ring substituents is 1. The molecule has 0 saturated heterocycles. The van der Waals surface area contributed by atoms with Gasteiger partial charge in [-0.15, -0.1) is 24.0 Å². The highest BCUT2D eigenvalue weighted by Gasteiger charge is 2.05. The van der Waals surface area contributed by atoms with Gasteiger partial charge in [0.05, 0.1) is 17.7 Å². The molecule has 1 aromatic rings. The summed E-state index contributed by atoms with van der Waals surface area (Å²) in [6.07, 6.45) is 2.08. The predicted molar refractivity (Wildman–Crippen MR) is 118 cm³/mol. The van der Waals surface area contributed by atoms with Crippen molar-refractivity contribution in [1.82, 2.24) is 15.4 Å². The van der Waals surface area contributed by atoms with Crippen LogP contribution in [0.25, 0.3) is 0 Å². The molecule has 3 N–H and O–H groups in total. The van der Waals surface area contributed by atoms with E-state index < -0.39 is 14.9 Å². The van der Waals surface area contributed by atoms with Crippen molar-refractivity contribution in [3.05, 3.63) is 39.9 Å². The maximum atomic E-state index is 11.1. The van der Waals surface area contributed by atoms with Crippen LogP contribution in [0, 0.1) is 16.0 Å². The number of hydrogen-bond donors (Lipinski definition) is 3. The average molecular weight is 513 g/mol. The molecule has 11 heteroatoms. The third-order valence-electron chi connectivity index (χ3n) is 3.36. The molecule has 0 heterocycles. The van der Waals surface area contributed by atoms with Gasteiger partial charge in [0.15, 0.2) is 5.96 Å². The molecule has 0 aromatic heterocycles. The van der Waals surface area contributed by atoms with Crippen molar-refractivity contribution in [2.24, 2.45) is 10.9 Å². The van der Waals surface area contributed by atoms with Gasteiger partial charge >= 0.3 is 0 Å². The van der Waals surface area contributed by atoms with Crippen LogP contribution in [-0.2, 0) is 16.6 Å². The number of nitro groups is 1. The van der Waals surface area contributed by atoms with Crippen molar-refractivity contribution in [1.29, 1.82) is 0 Å². The summed E-state index contributed by atoms with van der Waals surface area (Å²) in [4.78, 5) is 14.7. The van der Waals surface area contributed by atoms with Gasteiger partial charge in [-0.05, 0) is 17.9 Å². The minimum absolute atomic E-state index is 0. The summed E-state index contributed by atoms with van der Waals surface area (Å²) in [5, 5.41) is 16.9. The Kier molecular flexibility index (Phi) is 12.1. The van der Waals surface area contributed by atoms with Gasteiger partial charge in [0.2, 0.25) is 10.0 Å². The second-order valence-corrected chi connectivity index (χ2v) is 8.12. The largest absolute Gasteiger partial charge is 0.356 e. The Bertz CT molecular complexity index is 708. The highest BCUT2D eigenvalue weighted by molar-refractivity contribution is 14.0. The fraction of sp³-hybridized carbons (Fsp3) is 0.562. The Morgan fingerprint density at radius 1 is 1.15 bits per heavy atom. The molecule has 0 spiro atoms. The number of nitrogens with one attached hydrogen (secondary N) is 3. The summed E-state index contributed by atoms with van der Waals surface area (Å²) >= 11 is 0. The molecular weight excluding hydrogens is 485 g/mol. The number of nitro benzene ring substituents is 1. The van der Waals surface area contributed by atoms with E-state index in [1.807, 2.05) is 0 Å². The van der Waals surface area contributed by atoms with Crippen LogP contribution >= 0.6 is 24.0 Å². The standard InChI is InChI=1S/C16H27N5O4S.HI/c1-13(2)8-9-17-16(18-10-11-20-26(3,24)25)19-12-14-4-6-15(7-5-14)21(22)23;/h4-7,13,20H,8-12H2,1-3H3,(H2,17,18,19);1H. The van der Waals surface area contributed by atoms with E-state index in [9.17, 15) is 18.5 Å². The van der Waals surface area contributed by atoms with Crippen LogP contribution in [-0.4, -0.2) is 45.2 Å². The van der Waals surface area contributed by atoms with E-state index in [-0.39, 0.29) is 36.2 Å². The molecule has 0 aliphatic carbocycles. The van der Waals surface area contributed by atoms with Gasteiger partial charge in [-0.2, -0.15) is 0 Å². The zero-order chi connectivity index (χ0) is 19.6. The highest BCUT2D eigenvalue weighted by atomic mass is 127. The number of guanidine groups is 1. The van der Waals surface area contributed by atoms with E-state index in [1.165, 1.54) is 12.1 Å². The van der Waals surface area contributed by atoms with Crippen LogP contribution in [0.4, 0.5) is 5.69 Å². The fourth-order valence-corrected chi connectivity index (χ4v) is 2.44. The van der Waals surface area contributed by atoms with Crippen LogP contribution in [0.2, 0.25) is 0 Å². The van der Waals surface area contributed by atoms with E-state index >= 15 is 0 Å². The first-order valence-corrected chi connectivity index (χ1v) is 10.3. The molecule has 0 atom stereocenters. The van der Waals surface area contributed by atoms with E-state index in [2.05, 4.69) is 34.2 Å². The van der Waals surface area contributed by atoms with Gasteiger partial charge in [-0.1, -0.05) is 26.0 Å². The summed E-state index contributed by atoms with van der Waals surface area (Å²) < 4.78 is 24.6. The number of nitrogens with zero attached hydrogens (tertiary/aromatic N) is 2. The van der Waals surface area contributed by atoms with Crippen molar-refractivity contribution >= 4 is 45.6 Å². The minimum Gasteiger partial charge on any atom is -0.356 e. The Labute approximate surface area is 177 Å². The lowest BCUT2D eigenvalue weighted by atomic mass is 10.1. The molecular formula is C16H28IN5O4S. The topological polar surface area (TPSA) is 126 Å². The molecule has 27 heavy (non-hydrogen) atoms. The third-order valence-corrected chi connectivity index (χ3v) is 4.09. The van der Waals surface area contributed by atoms with Crippen LogP contribution in [0.3, 0.4) is 0 Å². The summed E-state index contributed by atoms with van der Waals surface area (Å²) in [7, 11) is -3.22. The second kappa shape index (κ2) is 12.8. The SMILES string of the molecule is CC(C)CCNC(=NCc1ccc([N+](=O)[O-])cc1)NCCNS(C)(=O)=O.I. The molecule has 0 aliphatic heterocycles. The molecule has 0 radical (unpaired) electrons. The number of benzene rings is 1. The molecule has 0 fully saturated rings. The maximum absolute atomic E-state index is 11.1. The summed E-state index contributed by atoms with van der Waals surface area (Å²) in [5.74, 6) is 1.12. The van der Waals surface area contributed by atoms with Gasteiger partial charge in [-0.3, -0.25) is 10.1 Å². The van der Waals surface area contributed by atoms with Crippen LogP contribution < -0.4 is 15.4 Å². The highest BCUT2D eigenvalue weighted by Crippen LogP contribution is 2.12. The summed E-state index contributed by atoms with van der Waals surface area (Å²) in [5.41, 5.74) is 0.882. The normalized spacial score (nSPS) is 11.8. The minimum atomic E-state index is -3.22. The lowest BCUT2D eigenvalue weighted by molar-refractivity contribution is -0.384. The zero-order valence-electron chi connectivity index (χ0n) is 15.8. The van der Waals surface area contributed by atoms with Crippen LogP contribution in [0.15, 0.2) is 29.3 Å². The molecule has 0 amide bonds. The van der Waals surface area contributed by atoms with Crippen molar-refractivity contribution < 1.29 is 13.3 Å². The quantitative estimate of drug-likeness (QED) is 0.110. The summed E-state index contributed by atoms with van der Waals surface area (Å²) in [6, 6.07) is 6.22. The fourth-order valence-electron chi connectivity index (χ4n) is 1.96. The Morgan fingerprint density at radius 2 is 1.74 bits per heavy atom. The molecule has 9 nitrogen and oxygen atoms in total. The van der Waals surface area contributed by atoms with Crippen LogP contribution in [0.5, 0.6) is 0 Å². The Balaban J connectivity index is 0.00000676. The monoisotopic (exact) mass is 513 g/mol. The smallest absolute Gasteiger partial charge is 0.269 e. The summed E-state index contributed by atoms with van der Waals surface area (Å²) in [6.45, 7) is 5.98. The Morgan fingerprint density at radius 3 is 2.26 bits per heavy atom. The van der Waals surface area contributed by atoms with Crippen LogP contribution in [0.1, 0.15) is 25.8 Å². The average Bonchev–Trinajstić information content (AvgIpc) is 2.55. The number of halogens is 1. The predicted octanol–water partition coefficient (Wildman–Crippen LogP) is 1.84. The van der Waals surface area contributed by atoms with Gasteiger partial charge < -0.3 is 10.6 Å². The molecule has 0 unspecified atom stereocenters. The van der Waals surface area contributed by atoms with Crippen molar-refractivity contribution in [2.45, 2.75) is 26.8 Å². The van der Waals surface area contributed by atoms with E-state index in [4.69, 9.17) is 0 Å². The van der Waals surface area contributed by atoms with E-state index in [0.29, 0.717) is 25.0 Å². The zero-order valence-corrected chi connectivity index (χ0v) is 18.9. The molecule has 0 aliphatic rings. The van der Waals surface area contributed by atoms with E-state index in [0.717, 1.165) is 24.8 Å². The molecule has 0 saturated carbocycles. The lowest BCUT2D eigenvalue weighted by Crippen LogP contribution is -2.42. The van der Waals surface area contributed by atoms with Gasteiger partial charge in [0.25, 0.3) is 5.69 Å².